The molecular formula is C13H8BrClF2N2S. The first kappa shape index (κ1) is 15.2. The van der Waals surface area contributed by atoms with Gasteiger partial charge in [0.2, 0.25) is 0 Å². The van der Waals surface area contributed by atoms with E-state index in [1.165, 1.54) is 0 Å². The van der Waals surface area contributed by atoms with Crippen LogP contribution in [0.25, 0.3) is 0 Å². The molecule has 2 nitrogen and oxygen atoms in total. The summed E-state index contributed by atoms with van der Waals surface area (Å²) in [7, 11) is 0. The fourth-order valence-corrected chi connectivity index (χ4v) is 2.10. The monoisotopic (exact) mass is 376 g/mol. The minimum Gasteiger partial charge on any atom is -0.389 e. The van der Waals surface area contributed by atoms with Crippen LogP contribution in [0.1, 0.15) is 5.56 Å². The molecule has 0 spiro atoms. The van der Waals surface area contributed by atoms with Gasteiger partial charge in [-0.1, -0.05) is 23.8 Å². The van der Waals surface area contributed by atoms with Crippen LogP contribution in [0, 0.1) is 11.6 Å². The number of hydrogen-bond acceptors (Lipinski definition) is 2. The molecule has 2 aromatic rings. The molecule has 0 fully saturated rings. The van der Waals surface area contributed by atoms with E-state index in [1.807, 2.05) is 0 Å². The van der Waals surface area contributed by atoms with E-state index in [4.69, 9.17) is 17.3 Å². The lowest BCUT2D eigenvalue weighted by molar-refractivity contribution is 0.590. The molecule has 2 aromatic carbocycles. The van der Waals surface area contributed by atoms with Gasteiger partial charge in [0.25, 0.3) is 0 Å². The highest BCUT2D eigenvalue weighted by Gasteiger charge is 2.13. The first-order valence-electron chi connectivity index (χ1n) is 5.39. The molecule has 0 aliphatic rings. The van der Waals surface area contributed by atoms with E-state index in [-0.39, 0.29) is 16.2 Å². The summed E-state index contributed by atoms with van der Waals surface area (Å²) in [5.74, 6) is -1.57. The van der Waals surface area contributed by atoms with E-state index < -0.39 is 11.6 Å². The third kappa shape index (κ3) is 3.26. The van der Waals surface area contributed by atoms with Gasteiger partial charge in [-0.2, -0.15) is 0 Å². The van der Waals surface area contributed by atoms with Gasteiger partial charge < -0.3 is 11.1 Å². The predicted molar refractivity (Wildman–Crippen MR) is 84.7 cm³/mol. The second-order valence-corrected chi connectivity index (χ2v) is 5.63. The zero-order chi connectivity index (χ0) is 14.9. The van der Waals surface area contributed by atoms with Crippen LogP contribution in [0.3, 0.4) is 0 Å². The highest BCUT2D eigenvalue weighted by molar-refractivity contribution is 9.10. The Bertz CT molecular complexity index is 671. The van der Waals surface area contributed by atoms with Crippen molar-refractivity contribution in [2.75, 3.05) is 5.32 Å². The molecule has 0 aliphatic heterocycles. The summed E-state index contributed by atoms with van der Waals surface area (Å²) in [6.07, 6.45) is 0. The van der Waals surface area contributed by atoms with Gasteiger partial charge in [-0.15, -0.1) is 0 Å². The van der Waals surface area contributed by atoms with Crippen molar-refractivity contribution < 1.29 is 8.78 Å². The van der Waals surface area contributed by atoms with Crippen molar-refractivity contribution in [3.8, 4) is 0 Å². The van der Waals surface area contributed by atoms with Gasteiger partial charge in [-0.25, -0.2) is 8.78 Å². The zero-order valence-corrected chi connectivity index (χ0v) is 13.0. The van der Waals surface area contributed by atoms with E-state index in [9.17, 15) is 8.78 Å². The highest BCUT2D eigenvalue weighted by Crippen LogP contribution is 2.29. The van der Waals surface area contributed by atoms with Gasteiger partial charge in [0, 0.05) is 15.7 Å². The number of rotatable bonds is 3. The lowest BCUT2D eigenvalue weighted by Gasteiger charge is -2.11. The van der Waals surface area contributed by atoms with E-state index >= 15 is 0 Å². The highest BCUT2D eigenvalue weighted by atomic mass is 79.9. The summed E-state index contributed by atoms with van der Waals surface area (Å²) in [6, 6.07) is 7.01. The Morgan fingerprint density at radius 2 is 1.80 bits per heavy atom. The van der Waals surface area contributed by atoms with Crippen LogP contribution in [0.2, 0.25) is 5.02 Å². The predicted octanol–water partition coefficient (Wildman–Crippen LogP) is 4.76. The Labute approximate surface area is 133 Å². The van der Waals surface area contributed by atoms with Gasteiger partial charge in [0.1, 0.15) is 22.3 Å². The Morgan fingerprint density at radius 3 is 2.30 bits per heavy atom. The van der Waals surface area contributed by atoms with Gasteiger partial charge >= 0.3 is 0 Å². The molecule has 0 amide bonds. The van der Waals surface area contributed by atoms with Crippen LogP contribution in [-0.2, 0) is 0 Å². The van der Waals surface area contributed by atoms with Crippen molar-refractivity contribution in [1.82, 2.24) is 0 Å². The molecule has 0 aliphatic carbocycles. The van der Waals surface area contributed by atoms with Crippen LogP contribution in [0.5, 0.6) is 0 Å². The van der Waals surface area contributed by atoms with E-state index in [1.54, 1.807) is 18.2 Å². The molecule has 7 heteroatoms. The normalized spacial score (nSPS) is 10.4. The molecule has 0 heterocycles. The van der Waals surface area contributed by atoms with E-state index in [0.29, 0.717) is 15.2 Å². The minimum atomic E-state index is -0.785. The molecule has 0 bridgehead atoms. The first-order valence-corrected chi connectivity index (χ1v) is 6.97. The lowest BCUT2D eigenvalue weighted by Crippen LogP contribution is -2.11. The third-order valence-electron chi connectivity index (χ3n) is 2.52. The average Bonchev–Trinajstić information content (AvgIpc) is 2.37. The zero-order valence-electron chi connectivity index (χ0n) is 9.88. The van der Waals surface area contributed by atoms with Gasteiger partial charge in [-0.3, -0.25) is 0 Å². The second kappa shape index (κ2) is 6.03. The Kier molecular flexibility index (Phi) is 4.57. The van der Waals surface area contributed by atoms with Crippen molar-refractivity contribution in [1.29, 1.82) is 0 Å². The summed E-state index contributed by atoms with van der Waals surface area (Å²) >= 11 is 13.8. The molecule has 0 unspecified atom stereocenters. The second-order valence-electron chi connectivity index (χ2n) is 3.93. The lowest BCUT2D eigenvalue weighted by atomic mass is 10.1. The standard InChI is InChI=1S/C13H8BrClF2N2S/c14-8-2-1-7(5-9(8)15)19-12-10(16)3-6(13(18)20)4-11(12)17/h1-5,19H,(H2,18,20). The van der Waals surface area contributed by atoms with Crippen molar-refractivity contribution >= 4 is 56.1 Å². The van der Waals surface area contributed by atoms with Crippen molar-refractivity contribution in [3.63, 3.8) is 0 Å². The van der Waals surface area contributed by atoms with E-state index in [0.717, 1.165) is 12.1 Å². The van der Waals surface area contributed by atoms with Crippen LogP contribution < -0.4 is 11.1 Å². The molecule has 0 atom stereocenters. The largest absolute Gasteiger partial charge is 0.389 e. The van der Waals surface area contributed by atoms with Crippen LogP contribution in [-0.4, -0.2) is 4.99 Å². The fourth-order valence-electron chi connectivity index (χ4n) is 1.55. The molecule has 2 rings (SSSR count). The maximum Gasteiger partial charge on any atom is 0.150 e. The van der Waals surface area contributed by atoms with Gasteiger partial charge in [0.05, 0.1) is 5.02 Å². The smallest absolute Gasteiger partial charge is 0.150 e. The Morgan fingerprint density at radius 1 is 1.20 bits per heavy atom. The van der Waals surface area contributed by atoms with Crippen molar-refractivity contribution in [2.45, 2.75) is 0 Å². The van der Waals surface area contributed by atoms with Crippen LogP contribution >= 0.6 is 39.7 Å². The number of thiocarbonyl (C=S) groups is 1. The molecule has 0 saturated heterocycles. The number of nitrogens with two attached hydrogens (primary N) is 1. The molecule has 0 radical (unpaired) electrons. The maximum absolute atomic E-state index is 13.9. The van der Waals surface area contributed by atoms with Crippen molar-refractivity contribution in [2.24, 2.45) is 5.73 Å². The summed E-state index contributed by atoms with van der Waals surface area (Å²) in [5.41, 5.74) is 5.65. The number of nitrogens with one attached hydrogen (secondary N) is 1. The van der Waals surface area contributed by atoms with Crippen LogP contribution in [0.4, 0.5) is 20.2 Å². The average molecular weight is 378 g/mol. The van der Waals surface area contributed by atoms with Gasteiger partial charge in [0.15, 0.2) is 0 Å². The summed E-state index contributed by atoms with van der Waals surface area (Å²) in [4.78, 5) is -0.0685. The fraction of sp³-hybridized carbons (Fsp3) is 0. The van der Waals surface area contributed by atoms with E-state index in [2.05, 4.69) is 33.5 Å². The quantitative estimate of drug-likeness (QED) is 0.758. The molecular weight excluding hydrogens is 370 g/mol. The Hall–Kier alpha value is -1.24. The number of halogens is 4. The molecule has 0 saturated carbocycles. The SMILES string of the molecule is NC(=S)c1cc(F)c(Nc2ccc(Br)c(Cl)c2)c(F)c1. The van der Waals surface area contributed by atoms with Gasteiger partial charge in [-0.05, 0) is 46.3 Å². The number of benzene rings is 2. The Balaban J connectivity index is 2.38. The molecule has 0 aromatic heterocycles. The number of anilines is 2. The summed E-state index contributed by atoms with van der Waals surface area (Å²) in [6.45, 7) is 0. The minimum absolute atomic E-state index is 0.0685. The summed E-state index contributed by atoms with van der Waals surface area (Å²) in [5, 5.41) is 3.06. The first-order chi connectivity index (χ1) is 9.38. The maximum atomic E-state index is 13.9. The summed E-state index contributed by atoms with van der Waals surface area (Å²) < 4.78 is 28.4. The van der Waals surface area contributed by atoms with Crippen LogP contribution in [0.15, 0.2) is 34.8 Å². The number of hydrogen-bond donors (Lipinski definition) is 2. The molecule has 20 heavy (non-hydrogen) atoms. The molecule has 3 N–H and O–H groups in total. The third-order valence-corrected chi connectivity index (χ3v) is 3.98. The topological polar surface area (TPSA) is 38.0 Å². The van der Waals surface area contributed by atoms with Crippen molar-refractivity contribution in [3.05, 3.63) is 57.0 Å². The molecule has 104 valence electrons.